The Balaban J connectivity index is 1.02. The van der Waals surface area contributed by atoms with Crippen molar-refractivity contribution in [2.24, 2.45) is 68.0 Å². The summed E-state index contributed by atoms with van der Waals surface area (Å²) in [6.07, 6.45) is 8.89. The Bertz CT molecular complexity index is 2050. The molecule has 57 heavy (non-hydrogen) atoms. The highest BCUT2D eigenvalue weighted by Gasteiger charge is 2.70. The van der Waals surface area contributed by atoms with E-state index in [0.29, 0.717) is 37.6 Å². The second kappa shape index (κ2) is 13.5. The molecule has 1 unspecified atom stereocenters. The molecule has 6 aliphatic rings. The topological polar surface area (TPSA) is 123 Å². The van der Waals surface area contributed by atoms with Crippen molar-refractivity contribution in [3.05, 3.63) is 53.2 Å². The number of amides is 1. The van der Waals surface area contributed by atoms with Gasteiger partial charge < -0.3 is 15.2 Å². The van der Waals surface area contributed by atoms with Gasteiger partial charge in [0.25, 0.3) is 0 Å². The summed E-state index contributed by atoms with van der Waals surface area (Å²) < 4.78 is 6.42. The zero-order chi connectivity index (χ0) is 41.1. The number of pyridine rings is 1. The van der Waals surface area contributed by atoms with Gasteiger partial charge in [0.1, 0.15) is 6.10 Å². The molecule has 0 radical (unpaired) electrons. The van der Waals surface area contributed by atoms with E-state index in [1.165, 1.54) is 5.57 Å². The predicted molar refractivity (Wildman–Crippen MR) is 221 cm³/mol. The lowest BCUT2D eigenvalue weighted by Gasteiger charge is -2.72. The number of ketones is 1. The summed E-state index contributed by atoms with van der Waals surface area (Å²) >= 11 is 0. The van der Waals surface area contributed by atoms with Crippen molar-refractivity contribution in [2.75, 3.05) is 0 Å². The number of hydrogen-bond acceptors (Lipinski definition) is 6. The number of carbonyl (C=O) groups is 4. The zero-order valence-electron chi connectivity index (χ0n) is 35.9. The fourth-order valence-corrected chi connectivity index (χ4v) is 14.9. The number of hydrogen-bond donors (Lipinski definition) is 2. The molecule has 308 valence electrons. The van der Waals surface area contributed by atoms with E-state index in [9.17, 15) is 24.3 Å². The van der Waals surface area contributed by atoms with Gasteiger partial charge in [0.15, 0.2) is 5.78 Å². The van der Waals surface area contributed by atoms with Gasteiger partial charge in [-0.15, -0.1) is 0 Å². The summed E-state index contributed by atoms with van der Waals surface area (Å²) in [5.74, 6) is -0.455. The van der Waals surface area contributed by atoms with E-state index < -0.39 is 22.7 Å². The number of ether oxygens (including phenoxy) is 1. The number of esters is 1. The minimum atomic E-state index is -0.831. The first kappa shape index (κ1) is 40.2. The number of nitrogens with zero attached hydrogens (tertiary/aromatic N) is 1. The molecule has 8 rings (SSSR count). The van der Waals surface area contributed by atoms with Crippen LogP contribution in [0.4, 0.5) is 0 Å². The van der Waals surface area contributed by atoms with E-state index in [-0.39, 0.29) is 63.2 Å². The van der Waals surface area contributed by atoms with E-state index in [2.05, 4.69) is 59.8 Å². The molecular weight excluding hydrogens is 713 g/mol. The fraction of sp³-hybridized carbons (Fsp3) is 0.694. The van der Waals surface area contributed by atoms with Crippen molar-refractivity contribution in [3.63, 3.8) is 0 Å². The number of fused-ring (bicyclic) bond motifs is 8. The summed E-state index contributed by atoms with van der Waals surface area (Å²) in [5, 5.41) is 13.9. The van der Waals surface area contributed by atoms with E-state index in [0.717, 1.165) is 73.5 Å². The number of Topliss-reactive ketones (excluding diaryl/α,β-unsaturated/α-hetero) is 1. The van der Waals surface area contributed by atoms with Crippen molar-refractivity contribution in [3.8, 4) is 0 Å². The Kier molecular flexibility index (Phi) is 9.52. The Hall–Kier alpha value is -3.55. The normalized spacial score (nSPS) is 39.0. The standard InChI is InChI=1S/C49H66N2O6/c1-28(2)40-35(52)25-49(26-39(53)50-27-30-15-14-29-12-10-11-13-34(29)51-30)23-22-47(8)31(41(40)49)16-17-37-46(7)20-19-38(45(5,6)36(46)18-21-48(37,47)9)57-43(56)33-24-32(42(54)55)44(33,3)4/h10-15,28,31-33,36-38H,16-27H2,1-9H3,(H,50,53)(H,54,55)/t31-,32+,33-,36?,37-,38+,46+,47-,48-,49+/m1/s1. The molecule has 0 spiro atoms. The first-order chi connectivity index (χ1) is 26.7. The molecule has 2 aromatic rings. The first-order valence-electron chi connectivity index (χ1n) is 22.0. The van der Waals surface area contributed by atoms with E-state index >= 15 is 0 Å². The summed E-state index contributed by atoms with van der Waals surface area (Å²) in [4.78, 5) is 58.3. The molecule has 5 fully saturated rings. The van der Waals surface area contributed by atoms with Crippen LogP contribution in [0.5, 0.6) is 0 Å². The zero-order valence-corrected chi connectivity index (χ0v) is 35.9. The second-order valence-corrected chi connectivity index (χ2v) is 21.7. The highest BCUT2D eigenvalue weighted by molar-refractivity contribution is 6.01. The number of rotatable bonds is 8. The van der Waals surface area contributed by atoms with Crippen LogP contribution in [0.3, 0.4) is 0 Å². The number of para-hydroxylation sites is 1. The van der Waals surface area contributed by atoms with E-state index in [4.69, 9.17) is 9.72 Å². The van der Waals surface area contributed by atoms with Gasteiger partial charge in [0.05, 0.1) is 29.6 Å². The average Bonchev–Trinajstić information content (AvgIpc) is 3.43. The number of carboxylic acids is 1. The third-order valence-electron chi connectivity index (χ3n) is 18.2. The third-order valence-corrected chi connectivity index (χ3v) is 18.2. The molecule has 1 heterocycles. The summed E-state index contributed by atoms with van der Waals surface area (Å²) in [5.41, 5.74) is 2.93. The van der Waals surface area contributed by atoms with Gasteiger partial charge in [0.2, 0.25) is 5.91 Å². The molecule has 8 heteroatoms. The van der Waals surface area contributed by atoms with Gasteiger partial charge in [0, 0.05) is 29.1 Å². The smallest absolute Gasteiger partial charge is 0.309 e. The number of aliphatic carboxylic acids is 1. The molecule has 2 N–H and O–H groups in total. The molecule has 1 aromatic carbocycles. The van der Waals surface area contributed by atoms with Crippen LogP contribution >= 0.6 is 0 Å². The van der Waals surface area contributed by atoms with Crippen LogP contribution in [0.25, 0.3) is 10.9 Å². The number of benzene rings is 1. The maximum absolute atomic E-state index is 14.1. The minimum absolute atomic E-state index is 0.000878. The number of carbonyl (C=O) groups excluding carboxylic acids is 3. The van der Waals surface area contributed by atoms with Crippen LogP contribution in [-0.2, 0) is 30.5 Å². The van der Waals surface area contributed by atoms with Crippen LogP contribution in [0.2, 0.25) is 0 Å². The Morgan fingerprint density at radius 3 is 2.28 bits per heavy atom. The van der Waals surface area contributed by atoms with Crippen molar-refractivity contribution in [2.45, 2.75) is 146 Å². The summed E-state index contributed by atoms with van der Waals surface area (Å²) in [7, 11) is 0. The van der Waals surface area contributed by atoms with Gasteiger partial charge in [-0.1, -0.05) is 92.2 Å². The summed E-state index contributed by atoms with van der Waals surface area (Å²) in [6.45, 7) is 20.8. The maximum atomic E-state index is 14.1. The van der Waals surface area contributed by atoms with E-state index in [1.54, 1.807) is 0 Å². The molecule has 0 aliphatic heterocycles. The second-order valence-electron chi connectivity index (χ2n) is 21.7. The van der Waals surface area contributed by atoms with Crippen LogP contribution in [0.1, 0.15) is 139 Å². The Labute approximate surface area is 339 Å². The van der Waals surface area contributed by atoms with Gasteiger partial charge in [-0.25, -0.2) is 0 Å². The largest absolute Gasteiger partial charge is 0.481 e. The lowest BCUT2D eigenvalue weighted by molar-refractivity contribution is -0.236. The van der Waals surface area contributed by atoms with Crippen molar-refractivity contribution in [1.29, 1.82) is 0 Å². The number of carboxylic acid groups (broad SMARTS) is 1. The molecule has 6 aliphatic carbocycles. The van der Waals surface area contributed by atoms with Crippen LogP contribution in [0, 0.1) is 68.0 Å². The highest BCUT2D eigenvalue weighted by Crippen LogP contribution is 2.77. The fourth-order valence-electron chi connectivity index (χ4n) is 14.9. The van der Waals surface area contributed by atoms with Crippen molar-refractivity contribution in [1.82, 2.24) is 10.3 Å². The predicted octanol–water partition coefficient (Wildman–Crippen LogP) is 9.88. The molecular formula is C49H66N2O6. The van der Waals surface area contributed by atoms with Crippen LogP contribution in [0.15, 0.2) is 47.5 Å². The van der Waals surface area contributed by atoms with Gasteiger partial charge in [-0.3, -0.25) is 24.2 Å². The van der Waals surface area contributed by atoms with E-state index in [1.807, 2.05) is 44.2 Å². The summed E-state index contributed by atoms with van der Waals surface area (Å²) in [6, 6.07) is 12.1. The van der Waals surface area contributed by atoms with Gasteiger partial charge >= 0.3 is 11.9 Å². The lowest BCUT2D eigenvalue weighted by atomic mass is 9.33. The number of aromatic nitrogens is 1. The maximum Gasteiger partial charge on any atom is 0.309 e. The Morgan fingerprint density at radius 2 is 1.58 bits per heavy atom. The molecule has 10 atom stereocenters. The van der Waals surface area contributed by atoms with Crippen molar-refractivity contribution >= 4 is 34.5 Å². The molecule has 0 bridgehead atoms. The Morgan fingerprint density at radius 1 is 0.842 bits per heavy atom. The van der Waals surface area contributed by atoms with Crippen LogP contribution < -0.4 is 5.32 Å². The first-order valence-corrected chi connectivity index (χ1v) is 22.0. The lowest BCUT2D eigenvalue weighted by Crippen LogP contribution is -2.66. The van der Waals surface area contributed by atoms with Crippen LogP contribution in [-0.4, -0.2) is 39.8 Å². The molecule has 5 saturated carbocycles. The van der Waals surface area contributed by atoms with Gasteiger partial charge in [-0.05, 0) is 121 Å². The molecule has 0 saturated heterocycles. The SMILES string of the molecule is CC(C)C1=C2[C@H]3CC[C@@H]4[C@@]5(C)CC[C@H](OC(=O)[C@H]6C[C@@H](C(=O)O)C6(C)C)C(C)(C)C5CC[C@@]4(C)[C@]3(C)CC[C@@]2(CC(=O)NCc2ccc3ccccc3n2)CC1=O. The molecule has 1 aromatic heterocycles. The molecule has 1 amide bonds. The molecule has 8 nitrogen and oxygen atoms in total. The number of nitrogens with one attached hydrogen (secondary N) is 1. The monoisotopic (exact) mass is 778 g/mol. The van der Waals surface area contributed by atoms with Gasteiger partial charge in [-0.2, -0.15) is 0 Å². The quantitative estimate of drug-likeness (QED) is 0.256. The van der Waals surface area contributed by atoms with Crippen molar-refractivity contribution < 1.29 is 29.0 Å². The average molecular weight is 779 g/mol. The number of allylic oxidation sites excluding steroid dienone is 2. The highest BCUT2D eigenvalue weighted by atomic mass is 16.5. The minimum Gasteiger partial charge on any atom is -0.481 e. The third kappa shape index (κ3) is 5.90.